The van der Waals surface area contributed by atoms with Crippen LogP contribution in [0, 0.1) is 11.3 Å². The monoisotopic (exact) mass is 551 g/mol. The average Bonchev–Trinajstić information content (AvgIpc) is 3.50. The molecule has 0 spiro atoms. The molecular formula is C35H25N3O4. The Morgan fingerprint density at radius 3 is 2.12 bits per heavy atom. The molecular weight excluding hydrogens is 526 g/mol. The van der Waals surface area contributed by atoms with Gasteiger partial charge in [0.05, 0.1) is 12.8 Å². The van der Waals surface area contributed by atoms with Crippen LogP contribution >= 0.6 is 0 Å². The smallest absolute Gasteiger partial charge is 0.354 e. The minimum atomic E-state index is -0.719. The van der Waals surface area contributed by atoms with Gasteiger partial charge in [0.25, 0.3) is 0 Å². The van der Waals surface area contributed by atoms with E-state index < -0.39 is 5.63 Å². The third-order valence-electron chi connectivity index (χ3n) is 6.84. The van der Waals surface area contributed by atoms with E-state index in [-0.39, 0.29) is 5.56 Å². The number of hydrogen-bond donors (Lipinski definition) is 0. The van der Waals surface area contributed by atoms with Gasteiger partial charge in [0.1, 0.15) is 41.2 Å². The predicted octanol–water partition coefficient (Wildman–Crippen LogP) is 7.29. The molecule has 6 rings (SSSR count). The van der Waals surface area contributed by atoms with Crippen LogP contribution in [0.1, 0.15) is 11.1 Å². The van der Waals surface area contributed by atoms with E-state index in [2.05, 4.69) is 0 Å². The molecule has 2 heterocycles. The Morgan fingerprint density at radius 2 is 1.45 bits per heavy atom. The Kier molecular flexibility index (Phi) is 7.35. The van der Waals surface area contributed by atoms with Gasteiger partial charge in [-0.25, -0.2) is 9.48 Å². The van der Waals surface area contributed by atoms with Crippen LogP contribution < -0.4 is 15.1 Å². The Bertz CT molecular complexity index is 1920. The zero-order chi connectivity index (χ0) is 28.9. The molecule has 0 radical (unpaired) electrons. The molecule has 0 aliphatic carbocycles. The fourth-order valence-electron chi connectivity index (χ4n) is 4.66. The van der Waals surface area contributed by atoms with Crippen LogP contribution in [0.5, 0.6) is 11.5 Å². The first-order chi connectivity index (χ1) is 20.6. The fourth-order valence-corrected chi connectivity index (χ4v) is 4.66. The third kappa shape index (κ3) is 5.42. The van der Waals surface area contributed by atoms with Crippen molar-refractivity contribution >= 4 is 0 Å². The molecule has 0 aliphatic heterocycles. The molecule has 0 fully saturated rings. The van der Waals surface area contributed by atoms with Crippen molar-refractivity contribution in [3.63, 3.8) is 0 Å². The summed E-state index contributed by atoms with van der Waals surface area (Å²) in [5, 5.41) is 14.9. The van der Waals surface area contributed by atoms with E-state index in [1.54, 1.807) is 42.1 Å². The number of para-hydroxylation sites is 1. The minimum Gasteiger partial charge on any atom is -0.497 e. The zero-order valence-electron chi connectivity index (χ0n) is 22.7. The summed E-state index contributed by atoms with van der Waals surface area (Å²) < 4.78 is 18.6. The molecule has 0 saturated carbocycles. The van der Waals surface area contributed by atoms with E-state index in [4.69, 9.17) is 19.0 Å². The Morgan fingerprint density at radius 1 is 0.810 bits per heavy atom. The summed E-state index contributed by atoms with van der Waals surface area (Å²) in [7, 11) is 1.59. The molecule has 0 atom stereocenters. The van der Waals surface area contributed by atoms with E-state index in [9.17, 15) is 10.1 Å². The second kappa shape index (κ2) is 11.7. The van der Waals surface area contributed by atoms with Gasteiger partial charge in [0.2, 0.25) is 0 Å². The second-order valence-corrected chi connectivity index (χ2v) is 9.50. The highest BCUT2D eigenvalue weighted by molar-refractivity contribution is 5.85. The highest BCUT2D eigenvalue weighted by Crippen LogP contribution is 2.36. The first kappa shape index (κ1) is 26.4. The first-order valence-corrected chi connectivity index (χ1v) is 13.3. The van der Waals surface area contributed by atoms with Crippen LogP contribution in [0.15, 0.2) is 131 Å². The van der Waals surface area contributed by atoms with Crippen molar-refractivity contribution in [2.75, 3.05) is 7.11 Å². The van der Waals surface area contributed by atoms with Crippen molar-refractivity contribution in [1.29, 1.82) is 5.26 Å². The third-order valence-corrected chi connectivity index (χ3v) is 6.84. The van der Waals surface area contributed by atoms with Crippen molar-refractivity contribution in [3.05, 3.63) is 143 Å². The maximum Gasteiger partial charge on any atom is 0.354 e. The summed E-state index contributed by atoms with van der Waals surface area (Å²) in [5.74, 6) is 1.73. The fraction of sp³-hybridized carbons (Fsp3) is 0.0571. The highest BCUT2D eigenvalue weighted by atomic mass is 16.5. The summed E-state index contributed by atoms with van der Waals surface area (Å²) in [4.78, 5) is 13.1. The highest BCUT2D eigenvalue weighted by Gasteiger charge is 2.21. The Labute approximate surface area is 242 Å². The van der Waals surface area contributed by atoms with Gasteiger partial charge in [-0.05, 0) is 72.3 Å². The van der Waals surface area contributed by atoms with Gasteiger partial charge in [-0.2, -0.15) is 10.4 Å². The lowest BCUT2D eigenvalue weighted by Gasteiger charge is -2.09. The first-order valence-electron chi connectivity index (χ1n) is 13.3. The van der Waals surface area contributed by atoms with E-state index in [1.165, 1.54) is 0 Å². The van der Waals surface area contributed by atoms with E-state index in [0.717, 1.165) is 16.8 Å². The molecule has 7 heteroatoms. The molecule has 204 valence electrons. The number of rotatable bonds is 8. The largest absolute Gasteiger partial charge is 0.497 e. The Balaban J connectivity index is 1.44. The summed E-state index contributed by atoms with van der Waals surface area (Å²) in [6.45, 7) is 0.452. The van der Waals surface area contributed by atoms with Crippen LogP contribution in [-0.2, 0) is 6.61 Å². The molecule has 0 saturated heterocycles. The van der Waals surface area contributed by atoms with Crippen molar-refractivity contribution in [1.82, 2.24) is 9.78 Å². The van der Waals surface area contributed by atoms with Crippen LogP contribution in [0.3, 0.4) is 0 Å². The van der Waals surface area contributed by atoms with Crippen LogP contribution in [0.25, 0.3) is 39.4 Å². The average molecular weight is 552 g/mol. The quantitative estimate of drug-likeness (QED) is 0.197. The van der Waals surface area contributed by atoms with Gasteiger partial charge in [-0.15, -0.1) is 0 Å². The SMILES string of the molecule is COc1ccc(-c2cc(-c3cn(-c4ccccc4)nc3-c3ccc(OCc4ccccc4)cc3)c(C#N)c(=O)o2)cc1. The molecule has 7 nitrogen and oxygen atoms in total. The molecule has 42 heavy (non-hydrogen) atoms. The Hall–Kier alpha value is -5.87. The molecule has 0 unspecified atom stereocenters. The molecule has 2 aromatic heterocycles. The van der Waals surface area contributed by atoms with Crippen molar-refractivity contribution in [2.45, 2.75) is 6.61 Å². The summed E-state index contributed by atoms with van der Waals surface area (Å²) in [6, 6.07) is 38.2. The predicted molar refractivity (Wildman–Crippen MR) is 160 cm³/mol. The lowest BCUT2D eigenvalue weighted by atomic mass is 9.97. The summed E-state index contributed by atoms with van der Waals surface area (Å²) >= 11 is 0. The zero-order valence-corrected chi connectivity index (χ0v) is 22.7. The van der Waals surface area contributed by atoms with Gasteiger partial charge in [-0.1, -0.05) is 48.5 Å². The van der Waals surface area contributed by atoms with E-state index in [1.807, 2.05) is 97.2 Å². The van der Waals surface area contributed by atoms with Crippen LogP contribution in [0.4, 0.5) is 0 Å². The van der Waals surface area contributed by atoms with Crippen molar-refractivity contribution < 1.29 is 13.9 Å². The van der Waals surface area contributed by atoms with Crippen LogP contribution in [0.2, 0.25) is 0 Å². The van der Waals surface area contributed by atoms with Crippen molar-refractivity contribution in [2.24, 2.45) is 0 Å². The van der Waals surface area contributed by atoms with Gasteiger partial charge in [-0.3, -0.25) is 0 Å². The number of methoxy groups -OCH3 is 1. The standard InChI is InChI=1S/C35H25N3O4/c1-40-28-16-12-25(13-17-28)33-20-30(31(21-36)35(39)42-33)32-22-38(27-10-6-3-7-11-27)37-34(32)26-14-18-29(19-15-26)41-23-24-8-4-2-5-9-24/h2-20,22H,23H2,1H3. The number of ether oxygens (including phenoxy) is 2. The topological polar surface area (TPSA) is 90.3 Å². The summed E-state index contributed by atoms with van der Waals surface area (Å²) in [5.41, 5.74) is 4.24. The van der Waals surface area contributed by atoms with E-state index in [0.29, 0.717) is 46.3 Å². The molecule has 0 aliphatic rings. The van der Waals surface area contributed by atoms with Gasteiger partial charge >= 0.3 is 5.63 Å². The minimum absolute atomic E-state index is 0.0936. The molecule has 4 aromatic carbocycles. The maximum absolute atomic E-state index is 13.1. The van der Waals surface area contributed by atoms with Crippen LogP contribution in [-0.4, -0.2) is 16.9 Å². The molecule has 0 amide bonds. The van der Waals surface area contributed by atoms with Gasteiger partial charge in [0, 0.05) is 28.5 Å². The lowest BCUT2D eigenvalue weighted by molar-refractivity contribution is 0.306. The van der Waals surface area contributed by atoms with Gasteiger partial charge < -0.3 is 13.9 Å². The lowest BCUT2D eigenvalue weighted by Crippen LogP contribution is -2.07. The number of aromatic nitrogens is 2. The van der Waals surface area contributed by atoms with Gasteiger partial charge in [0.15, 0.2) is 0 Å². The number of nitriles is 1. The summed E-state index contributed by atoms with van der Waals surface area (Å²) in [6.07, 6.45) is 1.83. The van der Waals surface area contributed by atoms with Crippen molar-refractivity contribution in [3.8, 4) is 57.0 Å². The maximum atomic E-state index is 13.1. The number of hydrogen-bond acceptors (Lipinski definition) is 6. The molecule has 6 aromatic rings. The second-order valence-electron chi connectivity index (χ2n) is 9.50. The number of benzene rings is 4. The molecule has 0 bridgehead atoms. The normalized spacial score (nSPS) is 10.7. The number of nitrogens with zero attached hydrogens (tertiary/aromatic N) is 3. The molecule has 0 N–H and O–H groups in total. The van der Waals surface area contributed by atoms with E-state index >= 15 is 0 Å².